The molecule has 0 aliphatic carbocycles. The van der Waals surface area contributed by atoms with Crippen molar-refractivity contribution in [3.8, 4) is 0 Å². The van der Waals surface area contributed by atoms with Gasteiger partial charge in [-0.1, -0.05) is 62.4 Å². The van der Waals surface area contributed by atoms with Crippen LogP contribution >= 0.6 is 11.8 Å². The molecule has 0 aliphatic rings. The first-order valence-corrected chi connectivity index (χ1v) is 14.4. The fourth-order valence-corrected chi connectivity index (χ4v) is 4.89. The van der Waals surface area contributed by atoms with E-state index in [0.717, 1.165) is 10.5 Å². The molecule has 1 unspecified atom stereocenters. The molecule has 0 aromatic heterocycles. The van der Waals surface area contributed by atoms with Crippen LogP contribution in [0.1, 0.15) is 48.2 Å². The Morgan fingerprint density at radius 3 is 2.12 bits per heavy atom. The fourth-order valence-electron chi connectivity index (χ4n) is 3.97. The lowest BCUT2D eigenvalue weighted by Crippen LogP contribution is -2.30. The summed E-state index contributed by atoms with van der Waals surface area (Å²) in [5.74, 6) is -1.14. The lowest BCUT2D eigenvalue weighted by atomic mass is 10.0. The van der Waals surface area contributed by atoms with Gasteiger partial charge in [0, 0.05) is 21.8 Å². The Hall–Kier alpha value is -4.69. The quantitative estimate of drug-likeness (QED) is 0.134. The molecule has 0 heterocycles. The summed E-state index contributed by atoms with van der Waals surface area (Å²) in [5.41, 5.74) is 3.46. The smallest absolute Gasteiger partial charge is 0.272 e. The van der Waals surface area contributed by atoms with Crippen LogP contribution in [-0.2, 0) is 9.59 Å². The molecule has 4 aromatic rings. The van der Waals surface area contributed by atoms with Crippen molar-refractivity contribution in [1.29, 1.82) is 0 Å². The Kier molecular flexibility index (Phi) is 10.3. The fraction of sp³-hybridized carbons (Fsp3) is 0.147. The Balaban J connectivity index is 1.49. The van der Waals surface area contributed by atoms with Crippen molar-refractivity contribution in [2.75, 3.05) is 10.6 Å². The molecule has 0 fully saturated rings. The minimum atomic E-state index is -0.489. The third-order valence-corrected chi connectivity index (χ3v) is 7.42. The van der Waals surface area contributed by atoms with Crippen LogP contribution < -0.4 is 16.0 Å². The zero-order valence-electron chi connectivity index (χ0n) is 23.6. The third-order valence-electron chi connectivity index (χ3n) is 6.33. The van der Waals surface area contributed by atoms with Gasteiger partial charge in [-0.15, -0.1) is 11.8 Å². The lowest BCUT2D eigenvalue weighted by molar-refractivity contribution is -0.115. The van der Waals surface area contributed by atoms with Crippen molar-refractivity contribution < 1.29 is 18.8 Å². The van der Waals surface area contributed by atoms with Gasteiger partial charge in [0.15, 0.2) is 0 Å². The van der Waals surface area contributed by atoms with Crippen molar-refractivity contribution in [1.82, 2.24) is 5.32 Å². The molecular weight excluding hydrogens is 549 g/mol. The topological polar surface area (TPSA) is 87.3 Å². The number of hydrogen-bond donors (Lipinski definition) is 3. The van der Waals surface area contributed by atoms with Gasteiger partial charge in [-0.25, -0.2) is 4.39 Å². The van der Waals surface area contributed by atoms with Gasteiger partial charge in [0.2, 0.25) is 5.91 Å². The predicted octanol–water partition coefficient (Wildman–Crippen LogP) is 7.48. The molecule has 8 heteroatoms. The molecule has 0 bridgehead atoms. The highest BCUT2D eigenvalue weighted by atomic mass is 32.2. The second-order valence-electron chi connectivity index (χ2n) is 9.94. The highest BCUT2D eigenvalue weighted by Crippen LogP contribution is 2.27. The van der Waals surface area contributed by atoms with Gasteiger partial charge in [0.25, 0.3) is 11.8 Å². The van der Waals surface area contributed by atoms with E-state index in [4.69, 9.17) is 0 Å². The number of carbonyl (C=O) groups excluding carboxylic acids is 3. The van der Waals surface area contributed by atoms with Crippen molar-refractivity contribution >= 4 is 46.9 Å². The maximum atomic E-state index is 13.4. The normalized spacial score (nSPS) is 12.0. The predicted molar refractivity (Wildman–Crippen MR) is 168 cm³/mol. The molecule has 0 spiro atoms. The van der Waals surface area contributed by atoms with Gasteiger partial charge < -0.3 is 16.0 Å². The van der Waals surface area contributed by atoms with Crippen LogP contribution in [0.4, 0.5) is 15.8 Å². The van der Waals surface area contributed by atoms with E-state index < -0.39 is 17.1 Å². The Labute approximate surface area is 249 Å². The van der Waals surface area contributed by atoms with E-state index in [1.807, 2.05) is 36.4 Å². The number of amides is 3. The molecule has 4 rings (SSSR count). The number of carbonyl (C=O) groups is 3. The summed E-state index contributed by atoms with van der Waals surface area (Å²) in [4.78, 5) is 39.8. The summed E-state index contributed by atoms with van der Waals surface area (Å²) in [6, 6.07) is 29.2. The van der Waals surface area contributed by atoms with Crippen LogP contribution in [0, 0.1) is 5.82 Å². The van der Waals surface area contributed by atoms with Crippen LogP contribution in [-0.4, -0.2) is 23.0 Å². The molecule has 0 saturated heterocycles. The second kappa shape index (κ2) is 14.3. The third kappa shape index (κ3) is 8.65. The van der Waals surface area contributed by atoms with Gasteiger partial charge >= 0.3 is 0 Å². The zero-order valence-corrected chi connectivity index (χ0v) is 24.4. The van der Waals surface area contributed by atoms with Gasteiger partial charge in [-0.3, -0.25) is 14.4 Å². The van der Waals surface area contributed by atoms with Crippen LogP contribution in [0.15, 0.2) is 114 Å². The average molecular weight is 582 g/mol. The van der Waals surface area contributed by atoms with E-state index in [2.05, 4.69) is 29.8 Å². The maximum absolute atomic E-state index is 13.4. The maximum Gasteiger partial charge on any atom is 0.272 e. The summed E-state index contributed by atoms with van der Waals surface area (Å²) in [7, 11) is 0. The van der Waals surface area contributed by atoms with Gasteiger partial charge in [0.1, 0.15) is 11.5 Å². The molecule has 0 aliphatic heterocycles. The Morgan fingerprint density at radius 2 is 1.45 bits per heavy atom. The number of thioether (sulfide) groups is 1. The van der Waals surface area contributed by atoms with Crippen LogP contribution in [0.3, 0.4) is 0 Å². The molecule has 3 N–H and O–H groups in total. The standard InChI is InChI=1S/C34H32FN3O3S/c1-22(2)25-14-12-24(13-15-25)20-31(38-33(40)26-8-5-4-6-9-26)34(41)37-29-10-7-11-30(21-29)42-23(3)32(39)36-28-18-16-27(35)17-19-28/h4-23H,1-3H3,(H,36,39)(H,37,41)(H,38,40)/b31-20+. The Bertz CT molecular complexity index is 1570. The first kappa shape index (κ1) is 30.3. The lowest BCUT2D eigenvalue weighted by Gasteiger charge is -2.14. The van der Waals surface area contributed by atoms with E-state index in [0.29, 0.717) is 22.9 Å². The number of nitrogens with one attached hydrogen (secondary N) is 3. The van der Waals surface area contributed by atoms with E-state index >= 15 is 0 Å². The highest BCUT2D eigenvalue weighted by molar-refractivity contribution is 8.00. The van der Waals surface area contributed by atoms with Crippen LogP contribution in [0.25, 0.3) is 6.08 Å². The van der Waals surface area contributed by atoms with Gasteiger partial charge in [-0.2, -0.15) is 0 Å². The minimum absolute atomic E-state index is 0.0891. The number of anilines is 2. The van der Waals surface area contributed by atoms with E-state index in [9.17, 15) is 18.8 Å². The summed E-state index contributed by atoms with van der Waals surface area (Å²) < 4.78 is 13.2. The summed E-state index contributed by atoms with van der Waals surface area (Å²) in [6.07, 6.45) is 1.64. The number of halogens is 1. The van der Waals surface area contributed by atoms with Crippen molar-refractivity contribution in [3.63, 3.8) is 0 Å². The van der Waals surface area contributed by atoms with Crippen molar-refractivity contribution in [3.05, 3.63) is 131 Å². The average Bonchev–Trinajstić information content (AvgIpc) is 2.98. The zero-order chi connectivity index (χ0) is 30.1. The van der Waals surface area contributed by atoms with Crippen LogP contribution in [0.2, 0.25) is 0 Å². The Morgan fingerprint density at radius 1 is 0.762 bits per heavy atom. The monoisotopic (exact) mass is 581 g/mol. The van der Waals surface area contributed by atoms with E-state index in [1.165, 1.54) is 41.6 Å². The van der Waals surface area contributed by atoms with Gasteiger partial charge in [0.05, 0.1) is 5.25 Å². The van der Waals surface area contributed by atoms with Crippen LogP contribution in [0.5, 0.6) is 0 Å². The van der Waals surface area contributed by atoms with Crippen molar-refractivity contribution in [2.24, 2.45) is 0 Å². The summed E-state index contributed by atoms with van der Waals surface area (Å²) in [5, 5.41) is 7.93. The second-order valence-corrected chi connectivity index (χ2v) is 11.4. The van der Waals surface area contributed by atoms with Gasteiger partial charge in [-0.05, 0) is 84.6 Å². The first-order chi connectivity index (χ1) is 20.2. The highest BCUT2D eigenvalue weighted by Gasteiger charge is 2.17. The molecule has 42 heavy (non-hydrogen) atoms. The van der Waals surface area contributed by atoms with E-state index in [1.54, 1.807) is 55.5 Å². The molecule has 6 nitrogen and oxygen atoms in total. The minimum Gasteiger partial charge on any atom is -0.325 e. The molecule has 1 atom stereocenters. The molecule has 4 aromatic carbocycles. The number of benzene rings is 4. The molecular formula is C34H32FN3O3S. The first-order valence-electron chi connectivity index (χ1n) is 13.5. The molecule has 214 valence electrons. The molecule has 3 amide bonds. The number of hydrogen-bond acceptors (Lipinski definition) is 4. The van der Waals surface area contributed by atoms with Crippen molar-refractivity contribution in [2.45, 2.75) is 36.8 Å². The largest absolute Gasteiger partial charge is 0.325 e. The summed E-state index contributed by atoms with van der Waals surface area (Å²) in [6.45, 7) is 5.98. The SMILES string of the molecule is CC(Sc1cccc(NC(=O)/C(=C\c2ccc(C(C)C)cc2)NC(=O)c2ccccc2)c1)C(=O)Nc1ccc(F)cc1. The molecule has 0 saturated carbocycles. The van der Waals surface area contributed by atoms with E-state index in [-0.39, 0.29) is 17.4 Å². The molecule has 0 radical (unpaired) electrons. The summed E-state index contributed by atoms with van der Waals surface area (Å²) >= 11 is 1.32. The number of rotatable bonds is 10.